The van der Waals surface area contributed by atoms with Gasteiger partial charge in [-0.3, -0.25) is 4.79 Å². The van der Waals surface area contributed by atoms with E-state index in [0.29, 0.717) is 51.4 Å². The van der Waals surface area contributed by atoms with Gasteiger partial charge >= 0.3 is 5.97 Å². The number of rotatable bonds is 8. The van der Waals surface area contributed by atoms with Gasteiger partial charge in [0.25, 0.3) is 5.91 Å². The number of halogens is 1. The van der Waals surface area contributed by atoms with Crippen LogP contribution in [0.2, 0.25) is 4.34 Å². The van der Waals surface area contributed by atoms with Gasteiger partial charge in [-0.1, -0.05) is 57.5 Å². The van der Waals surface area contributed by atoms with Crippen molar-refractivity contribution in [1.82, 2.24) is 9.88 Å². The number of esters is 1. The van der Waals surface area contributed by atoms with E-state index in [2.05, 4.69) is 32.7 Å². The van der Waals surface area contributed by atoms with Gasteiger partial charge in [0.1, 0.15) is 0 Å². The molecule has 0 atom stereocenters. The number of pyridine rings is 1. The van der Waals surface area contributed by atoms with Crippen molar-refractivity contribution < 1.29 is 14.3 Å². The Morgan fingerprint density at radius 3 is 2.35 bits per heavy atom. The molecule has 0 aliphatic rings. The zero-order chi connectivity index (χ0) is 22.5. The van der Waals surface area contributed by atoms with E-state index in [1.165, 1.54) is 11.3 Å². The molecule has 2 heterocycles. The van der Waals surface area contributed by atoms with Crippen LogP contribution in [-0.2, 0) is 9.53 Å². The molecule has 2 aromatic heterocycles. The number of ether oxygens (including phenoxy) is 1. The van der Waals surface area contributed by atoms with Crippen molar-refractivity contribution >= 4 is 45.7 Å². The molecule has 0 saturated carbocycles. The average Bonchev–Trinajstić information content (AvgIpc) is 3.16. The van der Waals surface area contributed by atoms with Crippen molar-refractivity contribution in [3.8, 4) is 10.6 Å². The first kappa shape index (κ1) is 23.2. The molecule has 0 bridgehead atoms. The fourth-order valence-corrected chi connectivity index (χ4v) is 4.38. The molecule has 5 nitrogen and oxygen atoms in total. The molecule has 1 aromatic carbocycles. The number of amides is 1. The predicted octanol–water partition coefficient (Wildman–Crippen LogP) is 5.91. The lowest BCUT2D eigenvalue weighted by Gasteiger charge is -2.26. The summed E-state index contributed by atoms with van der Waals surface area (Å²) in [5, 5.41) is 0.688. The summed E-state index contributed by atoms with van der Waals surface area (Å²) < 4.78 is 6.11. The Bertz CT molecular complexity index is 1070. The number of fused-ring (bicyclic) bond motifs is 1. The van der Waals surface area contributed by atoms with E-state index in [1.807, 2.05) is 30.3 Å². The highest BCUT2D eigenvalue weighted by molar-refractivity contribution is 7.19. The Morgan fingerprint density at radius 1 is 1.06 bits per heavy atom. The third-order valence-corrected chi connectivity index (χ3v) is 5.87. The minimum absolute atomic E-state index is 0.181. The van der Waals surface area contributed by atoms with Crippen molar-refractivity contribution in [2.24, 2.45) is 11.8 Å². The number of para-hydroxylation sites is 1. The van der Waals surface area contributed by atoms with Crippen LogP contribution in [0.25, 0.3) is 21.5 Å². The van der Waals surface area contributed by atoms with Crippen LogP contribution < -0.4 is 0 Å². The largest absolute Gasteiger partial charge is 0.452 e. The monoisotopic (exact) mass is 458 g/mol. The number of hydrogen-bond acceptors (Lipinski definition) is 5. The zero-order valence-corrected chi connectivity index (χ0v) is 19.8. The molecule has 0 fully saturated rings. The molecule has 3 aromatic rings. The Hall–Kier alpha value is -2.44. The Kier molecular flexibility index (Phi) is 7.68. The summed E-state index contributed by atoms with van der Waals surface area (Å²) in [5.74, 6) is -0.0466. The van der Waals surface area contributed by atoms with E-state index in [-0.39, 0.29) is 12.5 Å². The van der Waals surface area contributed by atoms with Crippen LogP contribution in [0.4, 0.5) is 0 Å². The number of aromatic nitrogens is 1. The smallest absolute Gasteiger partial charge is 0.339 e. The third kappa shape index (κ3) is 6.05. The normalized spacial score (nSPS) is 11.3. The van der Waals surface area contributed by atoms with Gasteiger partial charge < -0.3 is 9.64 Å². The molecule has 0 aliphatic carbocycles. The summed E-state index contributed by atoms with van der Waals surface area (Å²) in [4.78, 5) is 33.0. The zero-order valence-electron chi connectivity index (χ0n) is 18.2. The number of benzene rings is 1. The SMILES string of the molecule is CC(C)CN(CC(C)C)C(=O)COC(=O)c1cc(-c2ccc(Cl)s2)nc2ccccc12. The van der Waals surface area contributed by atoms with Gasteiger partial charge in [0.15, 0.2) is 6.61 Å². The highest BCUT2D eigenvalue weighted by Gasteiger charge is 2.20. The Labute approximate surface area is 192 Å². The van der Waals surface area contributed by atoms with Crippen LogP contribution in [0.15, 0.2) is 42.5 Å². The van der Waals surface area contributed by atoms with Crippen LogP contribution in [0, 0.1) is 11.8 Å². The van der Waals surface area contributed by atoms with E-state index in [9.17, 15) is 9.59 Å². The van der Waals surface area contributed by atoms with Crippen LogP contribution in [0.1, 0.15) is 38.1 Å². The quantitative estimate of drug-likeness (QED) is 0.393. The lowest BCUT2D eigenvalue weighted by molar-refractivity contribution is -0.135. The van der Waals surface area contributed by atoms with Gasteiger partial charge in [0.05, 0.1) is 26.0 Å². The van der Waals surface area contributed by atoms with Gasteiger partial charge in [-0.05, 0) is 36.1 Å². The van der Waals surface area contributed by atoms with E-state index in [1.54, 1.807) is 17.0 Å². The van der Waals surface area contributed by atoms with E-state index in [0.717, 1.165) is 4.88 Å². The summed E-state index contributed by atoms with van der Waals surface area (Å²) in [7, 11) is 0. The molecule has 0 spiro atoms. The van der Waals surface area contributed by atoms with Gasteiger partial charge in [-0.2, -0.15) is 0 Å². The van der Waals surface area contributed by atoms with Crippen LogP contribution in [-0.4, -0.2) is 41.5 Å². The summed E-state index contributed by atoms with van der Waals surface area (Å²) in [5.41, 5.74) is 1.72. The average molecular weight is 459 g/mol. The molecule has 164 valence electrons. The maximum absolute atomic E-state index is 13.0. The van der Waals surface area contributed by atoms with E-state index >= 15 is 0 Å². The fraction of sp³-hybridized carbons (Fsp3) is 0.375. The minimum Gasteiger partial charge on any atom is -0.452 e. The molecular formula is C24H27ClN2O3S. The third-order valence-electron chi connectivity index (χ3n) is 4.61. The first-order valence-corrected chi connectivity index (χ1v) is 11.5. The lowest BCUT2D eigenvalue weighted by Crippen LogP contribution is -2.39. The molecule has 1 amide bonds. The van der Waals surface area contributed by atoms with Gasteiger partial charge in [-0.25, -0.2) is 9.78 Å². The number of carbonyl (C=O) groups is 2. The molecule has 0 radical (unpaired) electrons. The summed E-state index contributed by atoms with van der Waals surface area (Å²) in [6, 6.07) is 12.8. The standard InChI is InChI=1S/C24H27ClN2O3S/c1-15(2)12-27(13-16(3)4)23(28)14-30-24(29)18-11-20(21-9-10-22(25)31-21)26-19-8-6-5-7-17(18)19/h5-11,15-16H,12-14H2,1-4H3. The number of nitrogens with zero attached hydrogens (tertiary/aromatic N) is 2. The Morgan fingerprint density at radius 2 is 1.74 bits per heavy atom. The number of hydrogen-bond donors (Lipinski definition) is 0. The summed E-state index contributed by atoms with van der Waals surface area (Å²) in [6.45, 7) is 9.24. The topological polar surface area (TPSA) is 59.5 Å². The highest BCUT2D eigenvalue weighted by Crippen LogP contribution is 2.32. The number of carbonyl (C=O) groups excluding carboxylic acids is 2. The van der Waals surface area contributed by atoms with Crippen molar-refractivity contribution in [3.05, 3.63) is 52.4 Å². The van der Waals surface area contributed by atoms with E-state index < -0.39 is 5.97 Å². The van der Waals surface area contributed by atoms with Gasteiger partial charge in [0, 0.05) is 18.5 Å². The molecular weight excluding hydrogens is 432 g/mol. The molecule has 0 aliphatic heterocycles. The Balaban J connectivity index is 1.83. The van der Waals surface area contributed by atoms with Crippen LogP contribution in [0.5, 0.6) is 0 Å². The second-order valence-electron chi connectivity index (χ2n) is 8.34. The number of thiophene rings is 1. The molecule has 0 unspecified atom stereocenters. The van der Waals surface area contributed by atoms with Gasteiger partial charge in [-0.15, -0.1) is 11.3 Å². The fourth-order valence-electron chi connectivity index (χ4n) is 3.38. The first-order valence-electron chi connectivity index (χ1n) is 10.3. The van der Waals surface area contributed by atoms with Crippen LogP contribution in [0.3, 0.4) is 0 Å². The summed E-state index contributed by atoms with van der Waals surface area (Å²) in [6.07, 6.45) is 0. The molecule has 7 heteroatoms. The van der Waals surface area contributed by atoms with Crippen molar-refractivity contribution in [2.45, 2.75) is 27.7 Å². The minimum atomic E-state index is -0.537. The van der Waals surface area contributed by atoms with Crippen LogP contribution >= 0.6 is 22.9 Å². The molecule has 0 N–H and O–H groups in total. The molecule has 0 saturated heterocycles. The summed E-state index contributed by atoms with van der Waals surface area (Å²) >= 11 is 7.47. The van der Waals surface area contributed by atoms with Crippen molar-refractivity contribution in [1.29, 1.82) is 0 Å². The molecule has 31 heavy (non-hydrogen) atoms. The van der Waals surface area contributed by atoms with Gasteiger partial charge in [0.2, 0.25) is 0 Å². The maximum Gasteiger partial charge on any atom is 0.339 e. The van der Waals surface area contributed by atoms with Crippen molar-refractivity contribution in [3.63, 3.8) is 0 Å². The second kappa shape index (κ2) is 10.2. The first-order chi connectivity index (χ1) is 14.7. The predicted molar refractivity (Wildman–Crippen MR) is 127 cm³/mol. The maximum atomic E-state index is 13.0. The highest BCUT2D eigenvalue weighted by atomic mass is 35.5. The molecule has 3 rings (SSSR count). The van der Waals surface area contributed by atoms with E-state index in [4.69, 9.17) is 16.3 Å². The van der Waals surface area contributed by atoms with Crippen molar-refractivity contribution in [2.75, 3.05) is 19.7 Å². The second-order valence-corrected chi connectivity index (χ2v) is 10.1. The lowest BCUT2D eigenvalue weighted by atomic mass is 10.1.